The molecule has 1 aliphatic heterocycles. The molecule has 2 aromatic rings. The second-order valence-corrected chi connectivity index (χ2v) is 6.72. The van der Waals surface area contributed by atoms with E-state index >= 15 is 0 Å². The predicted octanol–water partition coefficient (Wildman–Crippen LogP) is 3.60. The first kappa shape index (κ1) is 19.8. The number of esters is 1. The fourth-order valence-electron chi connectivity index (χ4n) is 3.00. The van der Waals surface area contributed by atoms with Crippen LogP contribution in [0.1, 0.15) is 46.3 Å². The summed E-state index contributed by atoms with van der Waals surface area (Å²) in [6, 6.07) is 8.02. The summed E-state index contributed by atoms with van der Waals surface area (Å²) < 4.78 is 4.96. The molecule has 8 heteroatoms. The van der Waals surface area contributed by atoms with E-state index in [9.17, 15) is 14.4 Å². The maximum Gasteiger partial charge on any atom is 0.339 e. The Kier molecular flexibility index (Phi) is 5.94. The van der Waals surface area contributed by atoms with Crippen LogP contribution in [0.2, 0.25) is 5.02 Å². The summed E-state index contributed by atoms with van der Waals surface area (Å²) in [5, 5.41) is 3.07. The zero-order chi connectivity index (χ0) is 20.3. The van der Waals surface area contributed by atoms with Crippen molar-refractivity contribution in [2.45, 2.75) is 26.7 Å². The average Bonchev–Trinajstić information content (AvgIpc) is 3.09. The number of carbonyl (C=O) groups is 3. The van der Waals surface area contributed by atoms with Crippen molar-refractivity contribution in [3.63, 3.8) is 0 Å². The van der Waals surface area contributed by atoms with Crippen molar-refractivity contribution in [1.29, 1.82) is 0 Å². The lowest BCUT2D eigenvalue weighted by molar-refractivity contribution is -0.117. The molecule has 0 spiro atoms. The molecule has 0 bridgehead atoms. The SMILES string of the molecule is CCOC(=O)c1ccc(C(=O)Nc2cc(N3CCCC3=O)ccc2Cl)nc1C. The van der Waals surface area contributed by atoms with E-state index < -0.39 is 11.9 Å². The predicted molar refractivity (Wildman–Crippen MR) is 106 cm³/mol. The van der Waals surface area contributed by atoms with Crippen molar-refractivity contribution < 1.29 is 19.1 Å². The van der Waals surface area contributed by atoms with Gasteiger partial charge in [-0.1, -0.05) is 11.6 Å². The number of hydrogen-bond donors (Lipinski definition) is 1. The number of pyridine rings is 1. The van der Waals surface area contributed by atoms with Crippen molar-refractivity contribution in [2.24, 2.45) is 0 Å². The Labute approximate surface area is 167 Å². The van der Waals surface area contributed by atoms with E-state index in [1.807, 2.05) is 0 Å². The van der Waals surface area contributed by atoms with E-state index in [0.717, 1.165) is 6.42 Å². The minimum absolute atomic E-state index is 0.0476. The lowest BCUT2D eigenvalue weighted by atomic mass is 10.1. The van der Waals surface area contributed by atoms with Crippen LogP contribution in [0, 0.1) is 6.92 Å². The summed E-state index contributed by atoms with van der Waals surface area (Å²) in [4.78, 5) is 42.3. The topological polar surface area (TPSA) is 88.6 Å². The Bertz CT molecular complexity index is 945. The monoisotopic (exact) mass is 401 g/mol. The van der Waals surface area contributed by atoms with Crippen molar-refractivity contribution in [3.8, 4) is 0 Å². The Hall–Kier alpha value is -2.93. The second-order valence-electron chi connectivity index (χ2n) is 6.32. The molecule has 1 N–H and O–H groups in total. The van der Waals surface area contributed by atoms with E-state index in [1.54, 1.807) is 36.9 Å². The molecule has 0 unspecified atom stereocenters. The van der Waals surface area contributed by atoms with Crippen LogP contribution >= 0.6 is 11.6 Å². The Morgan fingerprint density at radius 1 is 1.29 bits per heavy atom. The quantitative estimate of drug-likeness (QED) is 0.773. The highest BCUT2D eigenvalue weighted by Gasteiger charge is 2.23. The van der Waals surface area contributed by atoms with E-state index in [0.29, 0.717) is 40.6 Å². The molecule has 1 aromatic carbocycles. The molecule has 0 atom stereocenters. The van der Waals surface area contributed by atoms with Crippen molar-refractivity contribution in [1.82, 2.24) is 4.98 Å². The maximum atomic E-state index is 12.6. The third-order valence-electron chi connectivity index (χ3n) is 4.40. The van der Waals surface area contributed by atoms with Crippen LogP contribution in [-0.4, -0.2) is 35.9 Å². The molecule has 2 amide bonds. The van der Waals surface area contributed by atoms with E-state index in [4.69, 9.17) is 16.3 Å². The average molecular weight is 402 g/mol. The number of ether oxygens (including phenoxy) is 1. The molecule has 28 heavy (non-hydrogen) atoms. The first-order valence-electron chi connectivity index (χ1n) is 8.96. The third kappa shape index (κ3) is 4.14. The molecule has 1 aliphatic rings. The molecule has 1 aromatic heterocycles. The minimum Gasteiger partial charge on any atom is -0.462 e. The number of aromatic nitrogens is 1. The number of nitrogens with one attached hydrogen (secondary N) is 1. The largest absolute Gasteiger partial charge is 0.462 e. The number of anilines is 2. The Morgan fingerprint density at radius 2 is 2.07 bits per heavy atom. The summed E-state index contributed by atoms with van der Waals surface area (Å²) >= 11 is 6.20. The van der Waals surface area contributed by atoms with Gasteiger partial charge in [0.05, 0.1) is 28.6 Å². The van der Waals surface area contributed by atoms with Gasteiger partial charge < -0.3 is 15.0 Å². The van der Waals surface area contributed by atoms with Crippen LogP contribution in [0.5, 0.6) is 0 Å². The zero-order valence-corrected chi connectivity index (χ0v) is 16.4. The van der Waals surface area contributed by atoms with Gasteiger partial charge in [-0.05, 0) is 50.6 Å². The molecule has 0 radical (unpaired) electrons. The first-order valence-corrected chi connectivity index (χ1v) is 9.34. The fourth-order valence-corrected chi connectivity index (χ4v) is 3.16. The van der Waals surface area contributed by atoms with Crippen LogP contribution in [0.25, 0.3) is 0 Å². The number of amides is 2. The van der Waals surface area contributed by atoms with Gasteiger partial charge in [-0.15, -0.1) is 0 Å². The second kappa shape index (κ2) is 8.39. The Balaban J connectivity index is 1.80. The van der Waals surface area contributed by atoms with Gasteiger partial charge in [0.25, 0.3) is 5.91 Å². The van der Waals surface area contributed by atoms with Gasteiger partial charge in [0.15, 0.2) is 0 Å². The van der Waals surface area contributed by atoms with Gasteiger partial charge >= 0.3 is 5.97 Å². The van der Waals surface area contributed by atoms with E-state index in [1.165, 1.54) is 12.1 Å². The van der Waals surface area contributed by atoms with E-state index in [2.05, 4.69) is 10.3 Å². The molecule has 0 saturated carbocycles. The number of rotatable bonds is 5. The molecule has 2 heterocycles. The minimum atomic E-state index is -0.481. The summed E-state index contributed by atoms with van der Waals surface area (Å²) in [7, 11) is 0. The summed E-state index contributed by atoms with van der Waals surface area (Å²) in [5.74, 6) is -0.901. The third-order valence-corrected chi connectivity index (χ3v) is 4.73. The van der Waals surface area contributed by atoms with Gasteiger partial charge in [0.2, 0.25) is 5.91 Å². The van der Waals surface area contributed by atoms with Crippen molar-refractivity contribution in [3.05, 3.63) is 52.3 Å². The lowest BCUT2D eigenvalue weighted by Gasteiger charge is -2.17. The smallest absolute Gasteiger partial charge is 0.339 e. The molecule has 1 saturated heterocycles. The lowest BCUT2D eigenvalue weighted by Crippen LogP contribution is -2.24. The highest BCUT2D eigenvalue weighted by molar-refractivity contribution is 6.34. The Morgan fingerprint density at radius 3 is 2.71 bits per heavy atom. The van der Waals surface area contributed by atoms with Crippen LogP contribution in [-0.2, 0) is 9.53 Å². The number of nitrogens with zero attached hydrogens (tertiary/aromatic N) is 2. The number of hydrogen-bond acceptors (Lipinski definition) is 5. The zero-order valence-electron chi connectivity index (χ0n) is 15.6. The number of halogens is 1. The molecule has 3 rings (SSSR count). The van der Waals surface area contributed by atoms with Crippen molar-refractivity contribution in [2.75, 3.05) is 23.4 Å². The molecular weight excluding hydrogens is 382 g/mol. The van der Waals surface area contributed by atoms with Gasteiger partial charge in [0, 0.05) is 18.7 Å². The standard InChI is InChI=1S/C20H20ClN3O4/c1-3-28-20(27)14-7-9-16(22-12(14)2)19(26)23-17-11-13(6-8-15(17)21)24-10-4-5-18(24)25/h6-9,11H,3-5,10H2,1-2H3,(H,23,26). The van der Waals surface area contributed by atoms with Crippen LogP contribution in [0.4, 0.5) is 11.4 Å². The summed E-state index contributed by atoms with van der Waals surface area (Å²) in [6.07, 6.45) is 1.32. The summed E-state index contributed by atoms with van der Waals surface area (Å²) in [5.41, 5.74) is 1.92. The van der Waals surface area contributed by atoms with Crippen LogP contribution in [0.15, 0.2) is 30.3 Å². The highest BCUT2D eigenvalue weighted by atomic mass is 35.5. The van der Waals surface area contributed by atoms with Crippen LogP contribution in [0.3, 0.4) is 0 Å². The van der Waals surface area contributed by atoms with Crippen LogP contribution < -0.4 is 10.2 Å². The normalized spacial score (nSPS) is 13.5. The first-order chi connectivity index (χ1) is 13.4. The van der Waals surface area contributed by atoms with Gasteiger partial charge in [-0.25, -0.2) is 9.78 Å². The van der Waals surface area contributed by atoms with Crippen molar-refractivity contribution >= 4 is 40.8 Å². The highest BCUT2D eigenvalue weighted by Crippen LogP contribution is 2.30. The molecular formula is C20H20ClN3O4. The maximum absolute atomic E-state index is 12.6. The van der Waals surface area contributed by atoms with Gasteiger partial charge in [0.1, 0.15) is 5.69 Å². The molecule has 0 aliphatic carbocycles. The molecule has 1 fully saturated rings. The van der Waals surface area contributed by atoms with E-state index in [-0.39, 0.29) is 18.2 Å². The van der Waals surface area contributed by atoms with Gasteiger partial charge in [-0.3, -0.25) is 9.59 Å². The fraction of sp³-hybridized carbons (Fsp3) is 0.300. The molecule has 146 valence electrons. The number of aryl methyl sites for hydroxylation is 1. The summed E-state index contributed by atoms with van der Waals surface area (Å²) in [6.45, 7) is 4.25. The number of benzene rings is 1. The number of carbonyl (C=O) groups excluding carboxylic acids is 3. The molecule has 7 nitrogen and oxygen atoms in total. The van der Waals surface area contributed by atoms with Gasteiger partial charge in [-0.2, -0.15) is 0 Å².